The van der Waals surface area contributed by atoms with Crippen LogP contribution in [0, 0.1) is 0 Å². The maximum absolute atomic E-state index is 12.9. The lowest BCUT2D eigenvalue weighted by atomic mass is 10.1. The second-order valence-electron chi connectivity index (χ2n) is 9.44. The Kier molecular flexibility index (Phi) is 9.31. The number of H-pyrrole nitrogens is 2. The molecule has 5 heterocycles. The third kappa shape index (κ3) is 6.24. The van der Waals surface area contributed by atoms with Gasteiger partial charge in [0, 0.05) is 25.8 Å². The second-order valence-corrected chi connectivity index (χ2v) is 10.5. The Bertz CT molecular complexity index is 1590. The van der Waals surface area contributed by atoms with Crippen molar-refractivity contribution in [2.24, 2.45) is 0 Å². The lowest BCUT2D eigenvalue weighted by Crippen LogP contribution is -2.40. The van der Waals surface area contributed by atoms with Gasteiger partial charge in [-0.05, 0) is 0 Å². The van der Waals surface area contributed by atoms with E-state index in [0.29, 0.717) is 0 Å². The summed E-state index contributed by atoms with van der Waals surface area (Å²) in [5, 5.41) is 20.5. The fraction of sp³-hybridized carbons (Fsp3) is 0.591. The molecule has 0 bridgehead atoms. The topological polar surface area (TPSA) is 257 Å². The largest absolute Gasteiger partial charge is 0.394 e. The number of imidazole rings is 1. The first kappa shape index (κ1) is 30.2. The average molecular weight is 615 g/mol. The number of aliphatic hydroxyl groups excluding tert-OH is 2. The number of rotatable bonds is 12. The van der Waals surface area contributed by atoms with Crippen LogP contribution < -0.4 is 22.5 Å². The van der Waals surface area contributed by atoms with Crippen molar-refractivity contribution in [1.82, 2.24) is 29.1 Å². The van der Waals surface area contributed by atoms with E-state index >= 15 is 0 Å². The van der Waals surface area contributed by atoms with Crippen LogP contribution in [0.5, 0.6) is 0 Å². The van der Waals surface area contributed by atoms with Crippen molar-refractivity contribution < 1.29 is 42.8 Å². The van der Waals surface area contributed by atoms with E-state index in [4.69, 9.17) is 33.7 Å². The molecule has 20 heteroatoms. The lowest BCUT2D eigenvalue weighted by molar-refractivity contribution is -0.0813. The van der Waals surface area contributed by atoms with Crippen LogP contribution in [0.1, 0.15) is 18.9 Å². The number of aromatic nitrogens is 6. The molecule has 0 spiro atoms. The number of aliphatic hydroxyl groups is 2. The molecule has 19 nitrogen and oxygen atoms in total. The zero-order chi connectivity index (χ0) is 30.0. The number of methoxy groups -OCH3 is 1. The Morgan fingerprint density at radius 1 is 1.17 bits per heavy atom. The van der Waals surface area contributed by atoms with Gasteiger partial charge in [0.25, 0.3) is 11.1 Å². The van der Waals surface area contributed by atoms with Gasteiger partial charge in [0.05, 0.1) is 38.9 Å². The molecule has 3 unspecified atom stereocenters. The van der Waals surface area contributed by atoms with Gasteiger partial charge in [0.2, 0.25) is 5.95 Å². The minimum Gasteiger partial charge on any atom is -0.394 e. The van der Waals surface area contributed by atoms with Crippen LogP contribution in [0.15, 0.2) is 33.0 Å². The molecule has 0 saturated carbocycles. The van der Waals surface area contributed by atoms with Crippen molar-refractivity contribution in [1.29, 1.82) is 0 Å². The summed E-state index contributed by atoms with van der Waals surface area (Å²) in [6.07, 6.45) is -4.56. The molecule has 2 aliphatic rings. The molecule has 5 rings (SSSR count). The van der Waals surface area contributed by atoms with Crippen molar-refractivity contribution in [3.8, 4) is 0 Å². The Morgan fingerprint density at radius 2 is 1.98 bits per heavy atom. The van der Waals surface area contributed by atoms with Gasteiger partial charge < -0.3 is 43.9 Å². The van der Waals surface area contributed by atoms with Crippen LogP contribution in [0.2, 0.25) is 0 Å². The number of aromatic amines is 2. The molecule has 230 valence electrons. The normalized spacial score (nSPS) is 28.5. The summed E-state index contributed by atoms with van der Waals surface area (Å²) in [7, 11) is -1.85. The fourth-order valence-corrected chi connectivity index (χ4v) is 5.66. The Morgan fingerprint density at radius 3 is 2.71 bits per heavy atom. The average Bonchev–Trinajstić information content (AvgIpc) is 3.63. The number of nitrogens with zero attached hydrogens (tertiary/aromatic N) is 4. The third-order valence-corrected chi connectivity index (χ3v) is 7.62. The predicted octanol–water partition coefficient (Wildman–Crippen LogP) is -2.39. The molecular formula is C22H30N7O12P. The first-order chi connectivity index (χ1) is 20.2. The third-order valence-electron chi connectivity index (χ3n) is 6.75. The highest BCUT2D eigenvalue weighted by Crippen LogP contribution is 2.40. The highest BCUT2D eigenvalue weighted by Gasteiger charge is 2.48. The summed E-state index contributed by atoms with van der Waals surface area (Å²) in [5.74, 6) is -0.113. The summed E-state index contributed by atoms with van der Waals surface area (Å²) in [5.41, 5.74) is 3.91. The number of anilines is 1. The number of ether oxygens (including phenoxy) is 4. The van der Waals surface area contributed by atoms with Gasteiger partial charge in [-0.25, -0.2) is 9.78 Å². The van der Waals surface area contributed by atoms with Gasteiger partial charge in [-0.3, -0.25) is 33.3 Å². The van der Waals surface area contributed by atoms with Crippen molar-refractivity contribution in [2.75, 3.05) is 39.3 Å². The molecule has 0 radical (unpaired) electrons. The van der Waals surface area contributed by atoms with Crippen molar-refractivity contribution >= 4 is 25.4 Å². The van der Waals surface area contributed by atoms with E-state index in [1.165, 1.54) is 24.2 Å². The van der Waals surface area contributed by atoms with Gasteiger partial charge >= 0.3 is 13.9 Å². The van der Waals surface area contributed by atoms with E-state index in [1.54, 1.807) is 0 Å². The number of hydrogen-bond donors (Lipinski definition) is 5. The summed E-state index contributed by atoms with van der Waals surface area (Å²) < 4.78 is 48.9. The highest BCUT2D eigenvalue weighted by molar-refractivity contribution is 7.33. The molecule has 3 aromatic rings. The quantitative estimate of drug-likeness (QED) is 0.105. The lowest BCUT2D eigenvalue weighted by Gasteiger charge is -2.25. The number of nitrogens with two attached hydrogens (primary N) is 1. The van der Waals surface area contributed by atoms with Crippen LogP contribution in [0.4, 0.5) is 5.95 Å². The number of hydrogen-bond acceptors (Lipinski definition) is 15. The monoisotopic (exact) mass is 615 g/mol. The van der Waals surface area contributed by atoms with Gasteiger partial charge in [-0.15, -0.1) is 0 Å². The summed E-state index contributed by atoms with van der Waals surface area (Å²) >= 11 is 0. The second kappa shape index (κ2) is 12.9. The molecule has 0 amide bonds. The van der Waals surface area contributed by atoms with Crippen molar-refractivity contribution in [2.45, 2.75) is 49.4 Å². The number of nitrogen functional groups attached to an aromatic ring is 1. The van der Waals surface area contributed by atoms with Gasteiger partial charge in [0.15, 0.2) is 17.4 Å². The zero-order valence-corrected chi connectivity index (χ0v) is 23.2. The molecule has 6 N–H and O–H groups in total. The Labute approximate surface area is 236 Å². The van der Waals surface area contributed by atoms with Gasteiger partial charge in [0.1, 0.15) is 30.6 Å². The Hall–Kier alpha value is -3.26. The summed E-state index contributed by atoms with van der Waals surface area (Å²) in [6.45, 7) is -0.705. The molecule has 2 saturated heterocycles. The van der Waals surface area contributed by atoms with E-state index in [0.717, 1.165) is 10.6 Å². The van der Waals surface area contributed by atoms with Crippen LogP contribution >= 0.6 is 8.25 Å². The van der Waals surface area contributed by atoms with Crippen LogP contribution in [0.25, 0.3) is 11.2 Å². The van der Waals surface area contributed by atoms with E-state index in [2.05, 4.69) is 19.9 Å². The fourth-order valence-electron chi connectivity index (χ4n) is 4.78. The van der Waals surface area contributed by atoms with E-state index < -0.39 is 74.6 Å². The van der Waals surface area contributed by atoms with Gasteiger partial charge in [-0.1, -0.05) is 0 Å². The van der Waals surface area contributed by atoms with Crippen molar-refractivity contribution in [3.05, 3.63) is 49.8 Å². The van der Waals surface area contributed by atoms with Crippen LogP contribution in [0.3, 0.4) is 0 Å². The first-order valence-corrected chi connectivity index (χ1v) is 14.0. The molecular weight excluding hydrogens is 585 g/mol. The summed E-state index contributed by atoms with van der Waals surface area (Å²) in [6, 6.07) is 1.11. The highest BCUT2D eigenvalue weighted by atomic mass is 31.1. The predicted molar refractivity (Wildman–Crippen MR) is 141 cm³/mol. The molecule has 8 atom stereocenters. The van der Waals surface area contributed by atoms with Crippen LogP contribution in [-0.4, -0.2) is 103 Å². The maximum Gasteiger partial charge on any atom is 0.330 e. The first-order valence-electron chi connectivity index (χ1n) is 12.8. The zero-order valence-electron chi connectivity index (χ0n) is 22.2. The minimum absolute atomic E-state index is 0.0394. The smallest absolute Gasteiger partial charge is 0.330 e. The SMILES string of the molecule is COCCOC1[C@H](n2ccc(=O)[nH]c2=O)O[C@H](CO)[C@H]1O[PH](=O)OCC1O[C@@H](n2cnc3c(=O)[nH]c(N)nc32)C[C@@H]1O. The summed E-state index contributed by atoms with van der Waals surface area (Å²) in [4.78, 5) is 48.6. The molecule has 2 aliphatic heterocycles. The molecule has 42 heavy (non-hydrogen) atoms. The molecule has 2 fully saturated rings. The van der Waals surface area contributed by atoms with Gasteiger partial charge in [-0.2, -0.15) is 4.98 Å². The molecule has 0 aromatic carbocycles. The Balaban J connectivity index is 1.25. The van der Waals surface area contributed by atoms with Crippen LogP contribution in [-0.2, 0) is 32.6 Å². The van der Waals surface area contributed by atoms with E-state index in [1.807, 2.05) is 0 Å². The van der Waals surface area contributed by atoms with E-state index in [-0.39, 0.29) is 43.4 Å². The maximum atomic E-state index is 12.9. The molecule has 3 aromatic heterocycles. The van der Waals surface area contributed by atoms with E-state index in [9.17, 15) is 29.2 Å². The van der Waals surface area contributed by atoms with Crippen molar-refractivity contribution in [3.63, 3.8) is 0 Å². The number of nitrogens with one attached hydrogen (secondary N) is 2. The minimum atomic E-state index is -3.31. The molecule has 0 aliphatic carbocycles. The number of fused-ring (bicyclic) bond motifs is 1. The standard InChI is InChI=1S/C22H30N7O12P/c1-36-4-5-37-17-16(11(7-30)40-20(17)28-3-2-13(32)25-22(28)34)41-42(35)38-8-12-10(31)6-14(39-12)29-9-24-15-18(29)26-21(23)27-19(15)33/h2-3,9-12,14,16-17,20,30-31,42H,4-8H2,1H3,(H,25,32,34)(H3,23,26,27,33)/t10-,11+,12?,14+,16+,17?,20+/m0/s1.